The lowest BCUT2D eigenvalue weighted by molar-refractivity contribution is -0.173. The summed E-state index contributed by atoms with van der Waals surface area (Å²) in [6, 6.07) is 0. The van der Waals surface area contributed by atoms with Gasteiger partial charge in [-0.05, 0) is 13.8 Å². The van der Waals surface area contributed by atoms with E-state index in [1.165, 1.54) is 0 Å². The monoisotopic (exact) mass is 256 g/mol. The van der Waals surface area contributed by atoms with Crippen molar-refractivity contribution in [3.8, 4) is 0 Å². The molecule has 1 N–H and O–H groups in total. The number of esters is 1. The predicted molar refractivity (Wildman–Crippen MR) is 52.6 cm³/mol. The Balaban J connectivity index is 2.71. The van der Waals surface area contributed by atoms with Crippen LogP contribution >= 0.6 is 11.6 Å². The maximum atomic E-state index is 13.7. The third-order valence-electron chi connectivity index (χ3n) is 2.21. The molecule has 0 aromatic rings. The van der Waals surface area contributed by atoms with Crippen molar-refractivity contribution in [2.24, 2.45) is 0 Å². The SMILES string of the molecule is COC(=O)[C@](F)(Cl)[C@H](O)[C@H]1COC(C)(C)O1. The predicted octanol–water partition coefficient (Wildman–Crippen LogP) is 0.576. The van der Waals surface area contributed by atoms with Crippen LogP contribution in [0.2, 0.25) is 0 Å². The molecule has 7 heteroatoms. The van der Waals surface area contributed by atoms with Gasteiger partial charge in [0.25, 0.3) is 0 Å². The van der Waals surface area contributed by atoms with Gasteiger partial charge < -0.3 is 19.3 Å². The number of aliphatic hydroxyl groups excluding tert-OH is 1. The molecule has 0 radical (unpaired) electrons. The Hall–Kier alpha value is -0.430. The van der Waals surface area contributed by atoms with Crippen LogP contribution < -0.4 is 0 Å². The minimum absolute atomic E-state index is 0.0520. The van der Waals surface area contributed by atoms with Gasteiger partial charge in [0.1, 0.15) is 12.2 Å². The lowest BCUT2D eigenvalue weighted by Crippen LogP contribution is -2.49. The number of halogens is 2. The summed E-state index contributed by atoms with van der Waals surface area (Å²) in [4.78, 5) is 11.0. The fourth-order valence-corrected chi connectivity index (χ4v) is 1.58. The molecule has 5 nitrogen and oxygen atoms in total. The Kier molecular flexibility index (Phi) is 3.79. The number of carbonyl (C=O) groups is 1. The van der Waals surface area contributed by atoms with E-state index in [0.717, 1.165) is 7.11 Å². The molecular formula is C9H14ClFO5. The quantitative estimate of drug-likeness (QED) is 0.591. The summed E-state index contributed by atoms with van der Waals surface area (Å²) < 4.78 is 28.1. The molecule has 1 rings (SSSR count). The highest BCUT2D eigenvalue weighted by Gasteiger charge is 2.52. The first-order valence-electron chi connectivity index (χ1n) is 4.67. The lowest BCUT2D eigenvalue weighted by Gasteiger charge is -2.26. The number of methoxy groups -OCH3 is 1. The van der Waals surface area contributed by atoms with Crippen molar-refractivity contribution in [2.75, 3.05) is 13.7 Å². The zero-order valence-electron chi connectivity index (χ0n) is 9.20. The second-order valence-electron chi connectivity index (χ2n) is 3.93. The van der Waals surface area contributed by atoms with Gasteiger partial charge in [0.05, 0.1) is 13.7 Å². The molecule has 0 bridgehead atoms. The van der Waals surface area contributed by atoms with Crippen molar-refractivity contribution >= 4 is 17.6 Å². The van der Waals surface area contributed by atoms with Crippen LogP contribution in [0.25, 0.3) is 0 Å². The molecular weight excluding hydrogens is 243 g/mol. The standard InChI is InChI=1S/C9H14ClFO5/c1-8(2)15-4-5(16-8)6(12)9(10,11)7(13)14-3/h5-6,12H,4H2,1-3H3/t5-,6-,9+/m1/s1. The minimum atomic E-state index is -3.04. The highest BCUT2D eigenvalue weighted by molar-refractivity contribution is 6.33. The molecule has 0 aromatic heterocycles. The number of alkyl halides is 2. The van der Waals surface area contributed by atoms with Crippen LogP contribution in [-0.4, -0.2) is 47.9 Å². The molecule has 0 unspecified atom stereocenters. The van der Waals surface area contributed by atoms with Crippen LogP contribution in [-0.2, 0) is 19.0 Å². The summed E-state index contributed by atoms with van der Waals surface area (Å²) in [7, 11) is 0.974. The molecule has 1 fully saturated rings. The number of rotatable bonds is 3. The fourth-order valence-electron chi connectivity index (χ4n) is 1.36. The van der Waals surface area contributed by atoms with Gasteiger partial charge in [-0.1, -0.05) is 11.6 Å². The van der Waals surface area contributed by atoms with Crippen molar-refractivity contribution < 1.29 is 28.5 Å². The first-order chi connectivity index (χ1) is 7.20. The molecule has 1 aliphatic heterocycles. The summed E-state index contributed by atoms with van der Waals surface area (Å²) in [5.74, 6) is -2.30. The van der Waals surface area contributed by atoms with Crippen LogP contribution in [0, 0.1) is 0 Å². The van der Waals surface area contributed by atoms with Crippen molar-refractivity contribution in [2.45, 2.75) is 37.0 Å². The Morgan fingerprint density at radius 3 is 2.69 bits per heavy atom. The molecule has 0 spiro atoms. The van der Waals surface area contributed by atoms with Crippen molar-refractivity contribution in [3.63, 3.8) is 0 Å². The third kappa shape index (κ3) is 2.63. The normalized spacial score (nSPS) is 29.5. The van der Waals surface area contributed by atoms with E-state index in [9.17, 15) is 14.3 Å². The zero-order valence-corrected chi connectivity index (χ0v) is 9.95. The van der Waals surface area contributed by atoms with Crippen LogP contribution in [0.1, 0.15) is 13.8 Å². The maximum Gasteiger partial charge on any atom is 0.362 e. The molecule has 16 heavy (non-hydrogen) atoms. The summed E-state index contributed by atoms with van der Waals surface area (Å²) in [6.45, 7) is 3.15. The molecule has 1 heterocycles. The second-order valence-corrected chi connectivity index (χ2v) is 4.48. The Morgan fingerprint density at radius 1 is 1.75 bits per heavy atom. The largest absolute Gasteiger partial charge is 0.466 e. The summed E-state index contributed by atoms with van der Waals surface area (Å²) in [5, 5.41) is 6.56. The maximum absolute atomic E-state index is 13.7. The van der Waals surface area contributed by atoms with E-state index < -0.39 is 29.1 Å². The van der Waals surface area contributed by atoms with Crippen LogP contribution in [0.5, 0.6) is 0 Å². The van der Waals surface area contributed by atoms with Crippen LogP contribution in [0.3, 0.4) is 0 Å². The fraction of sp³-hybridized carbons (Fsp3) is 0.889. The Morgan fingerprint density at radius 2 is 2.31 bits per heavy atom. The molecule has 1 aliphatic rings. The van der Waals surface area contributed by atoms with Gasteiger partial charge in [-0.15, -0.1) is 0 Å². The average molecular weight is 257 g/mol. The van der Waals surface area contributed by atoms with Gasteiger partial charge in [0.2, 0.25) is 0 Å². The molecule has 94 valence electrons. The number of aliphatic hydroxyl groups is 1. The van der Waals surface area contributed by atoms with E-state index in [1.807, 2.05) is 0 Å². The van der Waals surface area contributed by atoms with Crippen LogP contribution in [0.4, 0.5) is 4.39 Å². The minimum Gasteiger partial charge on any atom is -0.466 e. The van der Waals surface area contributed by atoms with Crippen molar-refractivity contribution in [3.05, 3.63) is 0 Å². The molecule has 0 aliphatic carbocycles. The second kappa shape index (κ2) is 4.44. The first kappa shape index (κ1) is 13.6. The summed E-state index contributed by atoms with van der Waals surface area (Å²) in [5.41, 5.74) is 0. The molecule has 0 saturated carbocycles. The highest BCUT2D eigenvalue weighted by Crippen LogP contribution is 2.32. The molecule has 0 amide bonds. The number of carbonyl (C=O) groups excluding carboxylic acids is 1. The zero-order chi connectivity index (χ0) is 12.6. The van der Waals surface area contributed by atoms with Gasteiger partial charge in [-0.2, -0.15) is 0 Å². The smallest absolute Gasteiger partial charge is 0.362 e. The van der Waals surface area contributed by atoms with E-state index in [4.69, 9.17) is 21.1 Å². The summed E-state index contributed by atoms with van der Waals surface area (Å²) >= 11 is 5.28. The van der Waals surface area contributed by atoms with Gasteiger partial charge >= 0.3 is 11.1 Å². The van der Waals surface area contributed by atoms with Crippen LogP contribution in [0.15, 0.2) is 0 Å². The van der Waals surface area contributed by atoms with Gasteiger partial charge in [-0.25, -0.2) is 9.18 Å². The van der Waals surface area contributed by atoms with Gasteiger partial charge in [-0.3, -0.25) is 0 Å². The number of ether oxygens (including phenoxy) is 3. The van der Waals surface area contributed by atoms with Gasteiger partial charge in [0.15, 0.2) is 5.79 Å². The summed E-state index contributed by atoms with van der Waals surface area (Å²) in [6.07, 6.45) is -2.88. The molecule has 1 saturated heterocycles. The van der Waals surface area contributed by atoms with E-state index in [2.05, 4.69) is 4.74 Å². The molecule has 3 atom stereocenters. The number of hydrogen-bond acceptors (Lipinski definition) is 5. The lowest BCUT2D eigenvalue weighted by atomic mass is 10.1. The highest BCUT2D eigenvalue weighted by atomic mass is 35.5. The van der Waals surface area contributed by atoms with E-state index in [-0.39, 0.29) is 6.61 Å². The first-order valence-corrected chi connectivity index (χ1v) is 5.04. The van der Waals surface area contributed by atoms with E-state index in [0.29, 0.717) is 0 Å². The number of hydrogen-bond donors (Lipinski definition) is 1. The van der Waals surface area contributed by atoms with Crippen molar-refractivity contribution in [1.82, 2.24) is 0 Å². The average Bonchev–Trinajstić information content (AvgIpc) is 2.56. The van der Waals surface area contributed by atoms with Gasteiger partial charge in [0, 0.05) is 0 Å². The van der Waals surface area contributed by atoms with Crippen molar-refractivity contribution in [1.29, 1.82) is 0 Å². The van der Waals surface area contributed by atoms with E-state index >= 15 is 0 Å². The van der Waals surface area contributed by atoms with E-state index in [1.54, 1.807) is 13.8 Å². The third-order valence-corrected chi connectivity index (χ3v) is 2.59. The Labute approximate surface area is 97.4 Å². The Bertz CT molecular complexity index is 281. The molecule has 0 aromatic carbocycles. The topological polar surface area (TPSA) is 65.0 Å².